The smallest absolute Gasteiger partial charge is 0.329 e. The highest BCUT2D eigenvalue weighted by atomic mass is 16.4. The van der Waals surface area contributed by atoms with E-state index in [1.54, 1.807) is 24.7 Å². The van der Waals surface area contributed by atoms with Crippen LogP contribution in [0.1, 0.15) is 25.0 Å². The van der Waals surface area contributed by atoms with Crippen LogP contribution in [-0.4, -0.2) is 20.6 Å². The van der Waals surface area contributed by atoms with Crippen molar-refractivity contribution in [3.63, 3.8) is 0 Å². The zero-order valence-corrected chi connectivity index (χ0v) is 10.5. The van der Waals surface area contributed by atoms with Gasteiger partial charge in [-0.25, -0.2) is 9.78 Å². The molecule has 0 saturated carbocycles. The molecule has 0 aliphatic heterocycles. The standard InChI is InChI=1S/C13H16N2O2/c1-8-5-10-11(6-9(8)2)15(7-14-10)13(3,4)12(16)17/h5-7H,1-4H3,(H,16,17). The molecule has 1 heterocycles. The summed E-state index contributed by atoms with van der Waals surface area (Å²) < 4.78 is 1.71. The lowest BCUT2D eigenvalue weighted by molar-refractivity contribution is -0.145. The molecule has 0 aliphatic carbocycles. The quantitative estimate of drug-likeness (QED) is 0.865. The van der Waals surface area contributed by atoms with Gasteiger partial charge in [0.25, 0.3) is 0 Å². The molecule has 4 nitrogen and oxygen atoms in total. The van der Waals surface area contributed by atoms with Crippen LogP contribution in [0.25, 0.3) is 11.0 Å². The van der Waals surface area contributed by atoms with Crippen LogP contribution in [0.2, 0.25) is 0 Å². The van der Waals surface area contributed by atoms with Crippen molar-refractivity contribution >= 4 is 17.0 Å². The molecule has 90 valence electrons. The first-order chi connectivity index (χ1) is 7.84. The fourth-order valence-electron chi connectivity index (χ4n) is 1.81. The Morgan fingerprint density at radius 3 is 2.47 bits per heavy atom. The monoisotopic (exact) mass is 232 g/mol. The van der Waals surface area contributed by atoms with Crippen molar-refractivity contribution in [2.45, 2.75) is 33.2 Å². The number of carboxylic acid groups (broad SMARTS) is 1. The number of carboxylic acids is 1. The Morgan fingerprint density at radius 2 is 1.88 bits per heavy atom. The second-order valence-electron chi connectivity index (χ2n) is 4.90. The number of rotatable bonds is 2. The van der Waals surface area contributed by atoms with Crippen molar-refractivity contribution in [3.8, 4) is 0 Å². The molecule has 0 radical (unpaired) electrons. The number of benzene rings is 1. The Balaban J connectivity index is 2.73. The third kappa shape index (κ3) is 1.69. The summed E-state index contributed by atoms with van der Waals surface area (Å²) >= 11 is 0. The molecule has 0 atom stereocenters. The fraction of sp³-hybridized carbons (Fsp3) is 0.385. The van der Waals surface area contributed by atoms with Crippen LogP contribution in [0.15, 0.2) is 18.5 Å². The van der Waals surface area contributed by atoms with E-state index >= 15 is 0 Å². The molecule has 0 unspecified atom stereocenters. The Morgan fingerprint density at radius 1 is 1.29 bits per heavy atom. The predicted molar refractivity (Wildman–Crippen MR) is 66.2 cm³/mol. The SMILES string of the molecule is Cc1cc2ncn(C(C)(C)C(=O)O)c2cc1C. The Labute approximate surface area is 99.9 Å². The maximum Gasteiger partial charge on any atom is 0.329 e. The van der Waals surface area contributed by atoms with E-state index < -0.39 is 11.5 Å². The summed E-state index contributed by atoms with van der Waals surface area (Å²) in [4.78, 5) is 15.5. The van der Waals surface area contributed by atoms with Gasteiger partial charge in [0, 0.05) is 0 Å². The van der Waals surface area contributed by atoms with E-state index in [4.69, 9.17) is 0 Å². The molecule has 1 N–H and O–H groups in total. The minimum Gasteiger partial charge on any atom is -0.480 e. The van der Waals surface area contributed by atoms with Crippen LogP contribution in [0.3, 0.4) is 0 Å². The summed E-state index contributed by atoms with van der Waals surface area (Å²) in [7, 11) is 0. The van der Waals surface area contributed by atoms with E-state index in [1.165, 1.54) is 0 Å². The van der Waals surface area contributed by atoms with Gasteiger partial charge in [-0.2, -0.15) is 0 Å². The van der Waals surface area contributed by atoms with Gasteiger partial charge in [-0.3, -0.25) is 0 Å². The first kappa shape index (κ1) is 11.6. The van der Waals surface area contributed by atoms with E-state index in [-0.39, 0.29) is 0 Å². The Hall–Kier alpha value is -1.84. The predicted octanol–water partition coefficient (Wildman–Crippen LogP) is 2.47. The zero-order valence-electron chi connectivity index (χ0n) is 10.5. The largest absolute Gasteiger partial charge is 0.480 e. The first-order valence-electron chi connectivity index (χ1n) is 5.52. The van der Waals surface area contributed by atoms with Gasteiger partial charge in [-0.15, -0.1) is 0 Å². The van der Waals surface area contributed by atoms with Crippen molar-refractivity contribution in [2.24, 2.45) is 0 Å². The molecule has 4 heteroatoms. The number of aliphatic carboxylic acids is 1. The topological polar surface area (TPSA) is 55.1 Å². The summed E-state index contributed by atoms with van der Waals surface area (Å²) in [5.74, 6) is -0.866. The molecule has 17 heavy (non-hydrogen) atoms. The van der Waals surface area contributed by atoms with Crippen molar-refractivity contribution in [1.29, 1.82) is 0 Å². The van der Waals surface area contributed by atoms with Crippen LogP contribution in [0, 0.1) is 13.8 Å². The molecule has 0 aliphatic rings. The van der Waals surface area contributed by atoms with E-state index in [9.17, 15) is 9.90 Å². The maximum absolute atomic E-state index is 11.3. The van der Waals surface area contributed by atoms with Crippen LogP contribution in [0.4, 0.5) is 0 Å². The number of aryl methyl sites for hydroxylation is 2. The molecule has 0 fully saturated rings. The van der Waals surface area contributed by atoms with Crippen LogP contribution < -0.4 is 0 Å². The minimum absolute atomic E-state index is 0.836. The fourth-order valence-corrected chi connectivity index (χ4v) is 1.81. The average molecular weight is 232 g/mol. The summed E-state index contributed by atoms with van der Waals surface area (Å²) in [5.41, 5.74) is 3.01. The minimum atomic E-state index is -0.990. The molecule has 0 bridgehead atoms. The van der Waals surface area contributed by atoms with Crippen LogP contribution >= 0.6 is 0 Å². The van der Waals surface area contributed by atoms with E-state index in [2.05, 4.69) is 4.98 Å². The molecular formula is C13H16N2O2. The zero-order chi connectivity index (χ0) is 12.8. The van der Waals surface area contributed by atoms with Crippen molar-refractivity contribution in [3.05, 3.63) is 29.6 Å². The maximum atomic E-state index is 11.3. The van der Waals surface area contributed by atoms with Crippen molar-refractivity contribution < 1.29 is 9.90 Å². The molecule has 1 aromatic carbocycles. The highest BCUT2D eigenvalue weighted by molar-refractivity contribution is 5.82. The lowest BCUT2D eigenvalue weighted by Gasteiger charge is -2.22. The number of aromatic nitrogens is 2. The molecule has 0 saturated heterocycles. The highest BCUT2D eigenvalue weighted by Gasteiger charge is 2.30. The number of hydrogen-bond acceptors (Lipinski definition) is 2. The molecule has 0 amide bonds. The molecule has 2 aromatic rings. The van der Waals surface area contributed by atoms with Gasteiger partial charge in [0.1, 0.15) is 5.54 Å². The Kier molecular flexibility index (Phi) is 2.45. The van der Waals surface area contributed by atoms with Gasteiger partial charge in [0.2, 0.25) is 0 Å². The van der Waals surface area contributed by atoms with Gasteiger partial charge in [-0.05, 0) is 51.0 Å². The van der Waals surface area contributed by atoms with E-state index in [0.29, 0.717) is 0 Å². The van der Waals surface area contributed by atoms with E-state index in [0.717, 1.165) is 22.2 Å². The van der Waals surface area contributed by atoms with Crippen LogP contribution in [0.5, 0.6) is 0 Å². The lowest BCUT2D eigenvalue weighted by Crippen LogP contribution is -2.35. The highest BCUT2D eigenvalue weighted by Crippen LogP contribution is 2.25. The van der Waals surface area contributed by atoms with Crippen LogP contribution in [-0.2, 0) is 10.3 Å². The van der Waals surface area contributed by atoms with Gasteiger partial charge in [-0.1, -0.05) is 0 Å². The van der Waals surface area contributed by atoms with Gasteiger partial charge < -0.3 is 9.67 Å². The number of hydrogen-bond donors (Lipinski definition) is 1. The summed E-state index contributed by atoms with van der Waals surface area (Å²) in [5, 5.41) is 9.25. The summed E-state index contributed by atoms with van der Waals surface area (Å²) in [6, 6.07) is 3.97. The number of fused-ring (bicyclic) bond motifs is 1. The second kappa shape index (κ2) is 3.58. The molecular weight excluding hydrogens is 216 g/mol. The molecule has 2 rings (SSSR count). The Bertz CT molecular complexity index is 597. The summed E-state index contributed by atoms with van der Waals surface area (Å²) in [6.07, 6.45) is 1.59. The van der Waals surface area contributed by atoms with E-state index in [1.807, 2.05) is 26.0 Å². The van der Waals surface area contributed by atoms with Gasteiger partial charge in [0.15, 0.2) is 0 Å². The summed E-state index contributed by atoms with van der Waals surface area (Å²) in [6.45, 7) is 7.38. The number of imidazole rings is 1. The molecule has 1 aromatic heterocycles. The number of nitrogens with zero attached hydrogens (tertiary/aromatic N) is 2. The van der Waals surface area contributed by atoms with Crippen molar-refractivity contribution in [1.82, 2.24) is 9.55 Å². The normalized spacial score (nSPS) is 12.0. The van der Waals surface area contributed by atoms with Gasteiger partial charge in [0.05, 0.1) is 17.4 Å². The van der Waals surface area contributed by atoms with Gasteiger partial charge >= 0.3 is 5.97 Å². The lowest BCUT2D eigenvalue weighted by atomic mass is 10.0. The molecule has 0 spiro atoms. The first-order valence-corrected chi connectivity index (χ1v) is 5.52. The average Bonchev–Trinajstić information content (AvgIpc) is 2.62. The number of carbonyl (C=O) groups is 1. The van der Waals surface area contributed by atoms with Crippen molar-refractivity contribution in [2.75, 3.05) is 0 Å². The third-order valence-corrected chi connectivity index (χ3v) is 3.29. The second-order valence-corrected chi connectivity index (χ2v) is 4.90. The third-order valence-electron chi connectivity index (χ3n) is 3.29.